The Morgan fingerprint density at radius 2 is 1.50 bits per heavy atom. The maximum atomic E-state index is 13.0. The van der Waals surface area contributed by atoms with Gasteiger partial charge in [0.2, 0.25) is 0 Å². The normalized spacial score (nSPS) is 12.8. The van der Waals surface area contributed by atoms with Crippen molar-refractivity contribution in [1.82, 2.24) is 0 Å². The van der Waals surface area contributed by atoms with Crippen LogP contribution in [0, 0.1) is 5.92 Å². The zero-order valence-electron chi connectivity index (χ0n) is 20.1. The van der Waals surface area contributed by atoms with Crippen molar-refractivity contribution in [3.8, 4) is 16.9 Å². The molecule has 186 valence electrons. The molecule has 1 atom stereocenters. The average molecular weight is 488 g/mol. The van der Waals surface area contributed by atoms with E-state index in [0.717, 1.165) is 33.6 Å². The van der Waals surface area contributed by atoms with E-state index in [1.165, 1.54) is 0 Å². The first kappa shape index (κ1) is 25.1. The minimum absolute atomic E-state index is 0.0696. The SMILES string of the molecule is COc1ccc(CCCC(=O)[C@H](CC(=O)ON)C(=O)OCC2c3ccccc3-c3ccccc32)cc1. The van der Waals surface area contributed by atoms with Gasteiger partial charge in [0.25, 0.3) is 0 Å². The molecule has 3 aromatic carbocycles. The van der Waals surface area contributed by atoms with Crippen molar-refractivity contribution in [1.29, 1.82) is 0 Å². The molecule has 7 heteroatoms. The summed E-state index contributed by atoms with van der Waals surface area (Å²) in [6.07, 6.45) is 0.845. The molecule has 1 aliphatic rings. The molecule has 4 rings (SSSR count). The predicted octanol–water partition coefficient (Wildman–Crippen LogP) is 4.37. The number of aryl methyl sites for hydroxylation is 1. The Kier molecular flexibility index (Phi) is 8.13. The lowest BCUT2D eigenvalue weighted by molar-refractivity contribution is -0.158. The van der Waals surface area contributed by atoms with Gasteiger partial charge < -0.3 is 14.3 Å². The maximum absolute atomic E-state index is 13.0. The van der Waals surface area contributed by atoms with E-state index in [1.54, 1.807) is 7.11 Å². The fourth-order valence-corrected chi connectivity index (χ4v) is 4.68. The van der Waals surface area contributed by atoms with Crippen LogP contribution in [0.1, 0.15) is 41.9 Å². The van der Waals surface area contributed by atoms with E-state index < -0.39 is 24.3 Å². The first-order valence-electron chi connectivity index (χ1n) is 11.9. The lowest BCUT2D eigenvalue weighted by Crippen LogP contribution is -2.31. The molecule has 0 amide bonds. The van der Waals surface area contributed by atoms with Crippen LogP contribution in [0.3, 0.4) is 0 Å². The minimum Gasteiger partial charge on any atom is -0.497 e. The Morgan fingerprint density at radius 3 is 2.08 bits per heavy atom. The number of carbonyl (C=O) groups is 3. The van der Waals surface area contributed by atoms with Crippen LogP contribution in [0.4, 0.5) is 0 Å². The van der Waals surface area contributed by atoms with E-state index in [4.69, 9.17) is 15.4 Å². The fourth-order valence-electron chi connectivity index (χ4n) is 4.68. The second kappa shape index (κ2) is 11.6. The minimum atomic E-state index is -1.26. The Balaban J connectivity index is 1.40. The zero-order valence-corrected chi connectivity index (χ0v) is 20.1. The van der Waals surface area contributed by atoms with Crippen LogP contribution in [-0.2, 0) is 30.4 Å². The highest BCUT2D eigenvalue weighted by molar-refractivity contribution is 6.01. The molecule has 0 aliphatic heterocycles. The summed E-state index contributed by atoms with van der Waals surface area (Å²) in [5.41, 5.74) is 5.38. The van der Waals surface area contributed by atoms with Gasteiger partial charge in [0.15, 0.2) is 0 Å². The summed E-state index contributed by atoms with van der Waals surface area (Å²) >= 11 is 0. The van der Waals surface area contributed by atoms with Crippen LogP contribution < -0.4 is 10.6 Å². The van der Waals surface area contributed by atoms with Crippen LogP contribution in [0.25, 0.3) is 11.1 Å². The number of methoxy groups -OCH3 is 1. The van der Waals surface area contributed by atoms with Gasteiger partial charge in [-0.2, -0.15) is 5.90 Å². The van der Waals surface area contributed by atoms with Gasteiger partial charge in [0.05, 0.1) is 13.5 Å². The van der Waals surface area contributed by atoms with E-state index in [-0.39, 0.29) is 24.7 Å². The lowest BCUT2D eigenvalue weighted by Gasteiger charge is -2.18. The van der Waals surface area contributed by atoms with E-state index in [1.807, 2.05) is 72.8 Å². The number of esters is 1. The molecule has 36 heavy (non-hydrogen) atoms. The number of carbonyl (C=O) groups excluding carboxylic acids is 3. The van der Waals surface area contributed by atoms with Crippen molar-refractivity contribution >= 4 is 17.7 Å². The number of hydrogen-bond donors (Lipinski definition) is 1. The second-order valence-corrected chi connectivity index (χ2v) is 8.77. The van der Waals surface area contributed by atoms with Crippen molar-refractivity contribution in [2.75, 3.05) is 13.7 Å². The van der Waals surface area contributed by atoms with E-state index in [2.05, 4.69) is 4.84 Å². The van der Waals surface area contributed by atoms with Crippen molar-refractivity contribution in [3.63, 3.8) is 0 Å². The largest absolute Gasteiger partial charge is 0.497 e. The number of ketones is 1. The lowest BCUT2D eigenvalue weighted by atomic mass is 9.94. The molecule has 0 spiro atoms. The van der Waals surface area contributed by atoms with Gasteiger partial charge in [-0.25, -0.2) is 0 Å². The van der Waals surface area contributed by atoms with E-state index in [9.17, 15) is 14.4 Å². The summed E-state index contributed by atoms with van der Waals surface area (Å²) in [5.74, 6) is 2.38. The first-order valence-corrected chi connectivity index (χ1v) is 11.9. The van der Waals surface area contributed by atoms with Crippen molar-refractivity contribution < 1.29 is 28.7 Å². The predicted molar refractivity (Wildman–Crippen MR) is 134 cm³/mol. The zero-order chi connectivity index (χ0) is 25.5. The number of rotatable bonds is 11. The number of nitrogens with two attached hydrogens (primary N) is 1. The van der Waals surface area contributed by atoms with Crippen LogP contribution in [0.2, 0.25) is 0 Å². The summed E-state index contributed by atoms with van der Waals surface area (Å²) in [4.78, 5) is 42.1. The highest BCUT2D eigenvalue weighted by Crippen LogP contribution is 2.44. The third-order valence-corrected chi connectivity index (χ3v) is 6.58. The number of hydrogen-bond acceptors (Lipinski definition) is 7. The summed E-state index contributed by atoms with van der Waals surface area (Å²) < 4.78 is 10.8. The molecule has 3 aromatic rings. The van der Waals surface area contributed by atoms with Crippen molar-refractivity contribution in [3.05, 3.63) is 89.5 Å². The summed E-state index contributed by atoms with van der Waals surface area (Å²) in [7, 11) is 1.60. The first-order chi connectivity index (χ1) is 17.5. The molecule has 0 aromatic heterocycles. The summed E-state index contributed by atoms with van der Waals surface area (Å²) in [6.45, 7) is 0.0696. The topological polar surface area (TPSA) is 105 Å². The molecule has 0 saturated heterocycles. The van der Waals surface area contributed by atoms with Crippen LogP contribution in [-0.4, -0.2) is 31.4 Å². The summed E-state index contributed by atoms with van der Waals surface area (Å²) in [6, 6.07) is 23.5. The van der Waals surface area contributed by atoms with E-state index in [0.29, 0.717) is 12.8 Å². The van der Waals surface area contributed by atoms with Crippen molar-refractivity contribution in [2.24, 2.45) is 11.8 Å². The molecule has 0 heterocycles. The van der Waals surface area contributed by atoms with E-state index >= 15 is 0 Å². The molecule has 1 aliphatic carbocycles. The Morgan fingerprint density at radius 1 is 0.889 bits per heavy atom. The second-order valence-electron chi connectivity index (χ2n) is 8.77. The van der Waals surface area contributed by atoms with Gasteiger partial charge >= 0.3 is 11.9 Å². The highest BCUT2D eigenvalue weighted by Gasteiger charge is 2.33. The molecule has 2 N–H and O–H groups in total. The molecule has 7 nitrogen and oxygen atoms in total. The molecule has 0 bridgehead atoms. The molecule has 0 saturated carbocycles. The standard InChI is InChI=1S/C29H29NO6/c1-34-20-15-13-19(14-16-20)7-6-12-27(31)25(17-28(32)36-30)29(33)35-18-26-23-10-4-2-8-21(23)22-9-3-5-11-24(22)26/h2-5,8-11,13-16,25-26H,6-7,12,17-18,30H2,1H3/t25-/m0/s1. The van der Waals surface area contributed by atoms with Crippen LogP contribution >= 0.6 is 0 Å². The Hall–Kier alpha value is -3.97. The molecular formula is C29H29NO6. The van der Waals surface area contributed by atoms with Crippen LogP contribution in [0.15, 0.2) is 72.8 Å². The highest BCUT2D eigenvalue weighted by atomic mass is 16.7. The quantitative estimate of drug-likeness (QED) is 0.243. The monoisotopic (exact) mass is 487 g/mol. The third-order valence-electron chi connectivity index (χ3n) is 6.58. The van der Waals surface area contributed by atoms with Gasteiger partial charge in [-0.15, -0.1) is 0 Å². The molecule has 0 radical (unpaired) electrons. The smallest absolute Gasteiger partial charge is 0.325 e. The Labute approximate surface area is 210 Å². The number of benzene rings is 3. The number of ether oxygens (including phenoxy) is 2. The average Bonchev–Trinajstić information content (AvgIpc) is 3.24. The number of Topliss-reactive ketones (excluding diaryl/α,β-unsaturated/α-hetero) is 1. The Bertz CT molecular complexity index is 1190. The van der Waals surface area contributed by atoms with Gasteiger partial charge in [-0.3, -0.25) is 14.4 Å². The van der Waals surface area contributed by atoms with Crippen molar-refractivity contribution in [2.45, 2.75) is 31.6 Å². The molecular weight excluding hydrogens is 458 g/mol. The molecule has 0 fully saturated rings. The summed E-state index contributed by atoms with van der Waals surface area (Å²) in [5, 5.41) is 0. The van der Waals surface area contributed by atoms with Gasteiger partial charge in [0.1, 0.15) is 24.1 Å². The van der Waals surface area contributed by atoms with Crippen LogP contribution in [0.5, 0.6) is 5.75 Å². The van der Waals surface area contributed by atoms with Gasteiger partial charge in [-0.1, -0.05) is 60.7 Å². The maximum Gasteiger partial charge on any atom is 0.325 e. The number of fused-ring (bicyclic) bond motifs is 3. The third kappa shape index (κ3) is 5.63. The fraction of sp³-hybridized carbons (Fsp3) is 0.276. The molecule has 0 unspecified atom stereocenters. The van der Waals surface area contributed by atoms with Gasteiger partial charge in [0, 0.05) is 12.3 Å². The van der Waals surface area contributed by atoms with Gasteiger partial charge in [-0.05, 0) is 52.8 Å².